The number of benzene rings is 2. The summed E-state index contributed by atoms with van der Waals surface area (Å²) < 4.78 is 64.4. The van der Waals surface area contributed by atoms with Crippen molar-refractivity contribution in [3.05, 3.63) is 24.3 Å². The van der Waals surface area contributed by atoms with Crippen LogP contribution in [0.3, 0.4) is 0 Å². The Balaban J connectivity index is 0.00000288. The topological polar surface area (TPSA) is 158 Å². The van der Waals surface area contributed by atoms with E-state index in [0.29, 0.717) is 0 Å². The average Bonchev–Trinajstić information content (AvgIpc) is 2.34. The van der Waals surface area contributed by atoms with Crippen molar-refractivity contribution in [1.29, 1.82) is 0 Å². The van der Waals surface area contributed by atoms with Crippen LogP contribution in [-0.4, -0.2) is 96.1 Å². The van der Waals surface area contributed by atoms with E-state index in [1.54, 1.807) is 0 Å². The van der Waals surface area contributed by atoms with Gasteiger partial charge in [0.1, 0.15) is 15.5 Å². The second-order valence-electron chi connectivity index (χ2n) is 4.61. The van der Waals surface area contributed by atoms with Crippen molar-refractivity contribution in [2.45, 2.75) is 16.7 Å². The molecule has 0 bridgehead atoms. The molecular weight excluding hydrogens is 396 g/mol. The van der Waals surface area contributed by atoms with E-state index < -0.39 is 47.1 Å². The molecule has 0 saturated heterocycles. The fourth-order valence-corrected chi connectivity index (χ4v) is 3.53. The predicted octanol–water partition coefficient (Wildman–Crippen LogP) is 0.236. The van der Waals surface area contributed by atoms with E-state index in [1.165, 1.54) is 0 Å². The van der Waals surface area contributed by atoms with Crippen LogP contribution >= 0.6 is 0 Å². The Hall–Kier alpha value is -0.210. The maximum atomic E-state index is 11.5. The second kappa shape index (κ2) is 8.65. The molecule has 13 heteroatoms. The van der Waals surface area contributed by atoms with Gasteiger partial charge in [-0.1, -0.05) is 0 Å². The maximum absolute atomic E-state index is 11.5. The van der Waals surface area contributed by atoms with Crippen LogP contribution in [0.15, 0.2) is 34.1 Å². The third-order valence-corrected chi connectivity index (χ3v) is 4.68. The Bertz CT molecular complexity index is 1030. The van der Waals surface area contributed by atoms with E-state index in [2.05, 4.69) is 5.32 Å². The Labute approximate surface area is 187 Å². The largest absolute Gasteiger partial charge is 0.507 e. The molecule has 0 aromatic heterocycles. The average molecular weight is 407 g/mol. The van der Waals surface area contributed by atoms with Crippen molar-refractivity contribution in [2.75, 3.05) is 5.32 Å². The number of rotatable bonds is 3. The summed E-state index contributed by atoms with van der Waals surface area (Å²) >= 11 is 0. The number of hydrogen-bond donors (Lipinski definition) is 4. The van der Waals surface area contributed by atoms with Gasteiger partial charge in [0.25, 0.3) is 20.2 Å². The van der Waals surface area contributed by atoms with Crippen molar-refractivity contribution in [3.8, 4) is 5.75 Å². The summed E-state index contributed by atoms with van der Waals surface area (Å²) in [4.78, 5) is 9.61. The molecular formula is C12H11NNa2O8S2. The molecule has 2 radical (unpaired) electrons. The zero-order valence-corrected chi connectivity index (χ0v) is 19.1. The van der Waals surface area contributed by atoms with Gasteiger partial charge in [-0.15, -0.1) is 0 Å². The molecule has 0 aliphatic rings. The van der Waals surface area contributed by atoms with Crippen molar-refractivity contribution in [3.63, 3.8) is 0 Å². The molecule has 126 valence electrons. The predicted molar refractivity (Wildman–Crippen MR) is 91.1 cm³/mol. The fraction of sp³-hybridized carbons (Fsp3) is 0.0833. The molecule has 2 rings (SSSR count). The van der Waals surface area contributed by atoms with E-state index in [4.69, 9.17) is 0 Å². The smallest absolute Gasteiger partial charge is 0.295 e. The summed E-state index contributed by atoms with van der Waals surface area (Å²) in [5.74, 6) is -1.21. The van der Waals surface area contributed by atoms with Gasteiger partial charge in [0.05, 0.1) is 0 Å². The first-order valence-electron chi connectivity index (χ1n) is 5.93. The molecule has 0 atom stereocenters. The number of nitrogens with one attached hydrogen (secondary N) is 1. The number of phenols is 1. The molecule has 0 saturated carbocycles. The third-order valence-electron chi connectivity index (χ3n) is 2.89. The van der Waals surface area contributed by atoms with E-state index >= 15 is 0 Å². The van der Waals surface area contributed by atoms with Gasteiger partial charge in [-0.25, -0.2) is 0 Å². The zero-order chi connectivity index (χ0) is 17.6. The summed E-state index contributed by atoms with van der Waals surface area (Å²) in [6.45, 7) is 1.13. The van der Waals surface area contributed by atoms with Gasteiger partial charge in [0.15, 0.2) is 0 Å². The van der Waals surface area contributed by atoms with Gasteiger partial charge in [-0.05, 0) is 24.3 Å². The standard InChI is InChI=1S/C12H11NO8S2.2Na/c1-6(14)13-7-4-8-10(22(16,17)18)3-2-9(15)12(8)11(5-7)23(19,20)21;;/h2-5,15H,1H3,(H,13,14)(H,16,17,18)(H,19,20,21);;. The fourth-order valence-electron chi connectivity index (χ4n) is 2.11. The van der Waals surface area contributed by atoms with Crippen LogP contribution in [0.2, 0.25) is 0 Å². The van der Waals surface area contributed by atoms with E-state index in [-0.39, 0.29) is 70.2 Å². The minimum absolute atomic E-state index is 0. The SMILES string of the molecule is CC(=O)Nc1cc(S(=O)(=O)O)c2c(O)ccc(S(=O)(=O)O)c2c1.[Na].[Na]. The molecule has 4 N–H and O–H groups in total. The summed E-state index contributed by atoms with van der Waals surface area (Å²) in [5, 5.41) is 11.2. The Morgan fingerprint density at radius 3 is 1.92 bits per heavy atom. The van der Waals surface area contributed by atoms with Crippen LogP contribution in [0.1, 0.15) is 6.92 Å². The molecule has 0 unspecified atom stereocenters. The number of aromatic hydroxyl groups is 1. The van der Waals surface area contributed by atoms with E-state index in [1.807, 2.05) is 0 Å². The number of amides is 1. The molecule has 2 aromatic carbocycles. The van der Waals surface area contributed by atoms with Crippen molar-refractivity contribution in [1.82, 2.24) is 0 Å². The number of carbonyl (C=O) groups is 1. The summed E-state index contributed by atoms with van der Waals surface area (Å²) in [6.07, 6.45) is 0. The molecule has 0 spiro atoms. The molecule has 25 heavy (non-hydrogen) atoms. The first-order valence-corrected chi connectivity index (χ1v) is 8.81. The second-order valence-corrected chi connectivity index (χ2v) is 7.39. The normalized spacial score (nSPS) is 11.3. The summed E-state index contributed by atoms with van der Waals surface area (Å²) in [7, 11) is -9.61. The van der Waals surface area contributed by atoms with Crippen LogP contribution in [-0.2, 0) is 25.0 Å². The molecule has 0 aliphatic carbocycles. The number of hydrogen-bond acceptors (Lipinski definition) is 6. The van der Waals surface area contributed by atoms with Crippen LogP contribution < -0.4 is 5.32 Å². The quantitative estimate of drug-likeness (QED) is 0.416. The van der Waals surface area contributed by atoms with E-state index in [0.717, 1.165) is 31.2 Å². The number of carbonyl (C=O) groups excluding carboxylic acids is 1. The van der Waals surface area contributed by atoms with Crippen LogP contribution in [0.5, 0.6) is 5.75 Å². The molecule has 1 amide bonds. The van der Waals surface area contributed by atoms with Gasteiger partial charge in [-0.3, -0.25) is 13.9 Å². The van der Waals surface area contributed by atoms with Crippen molar-refractivity contribution >= 4 is 102 Å². The van der Waals surface area contributed by atoms with Crippen molar-refractivity contribution in [2.24, 2.45) is 0 Å². The zero-order valence-electron chi connectivity index (χ0n) is 13.5. The van der Waals surface area contributed by atoms with Crippen LogP contribution in [0, 0.1) is 0 Å². The van der Waals surface area contributed by atoms with E-state index in [9.17, 15) is 35.8 Å². The van der Waals surface area contributed by atoms with Crippen LogP contribution in [0.4, 0.5) is 5.69 Å². The summed E-state index contributed by atoms with van der Waals surface area (Å²) in [6, 6.07) is 3.62. The number of phenolic OH excluding ortho intramolecular Hbond substituents is 1. The van der Waals surface area contributed by atoms with Crippen molar-refractivity contribution < 1.29 is 35.8 Å². The van der Waals surface area contributed by atoms with Gasteiger partial charge in [0, 0.05) is 82.5 Å². The van der Waals surface area contributed by atoms with Gasteiger partial charge in [0.2, 0.25) is 5.91 Å². The maximum Gasteiger partial charge on any atom is 0.295 e. The van der Waals surface area contributed by atoms with Crippen LogP contribution in [0.25, 0.3) is 10.8 Å². The number of anilines is 1. The Kier molecular flexibility index (Phi) is 8.58. The van der Waals surface area contributed by atoms with Gasteiger partial charge in [-0.2, -0.15) is 16.8 Å². The summed E-state index contributed by atoms with van der Waals surface area (Å²) in [5.41, 5.74) is -0.145. The monoisotopic (exact) mass is 407 g/mol. The minimum atomic E-state index is -4.86. The molecule has 0 fully saturated rings. The molecule has 9 nitrogen and oxygen atoms in total. The first-order chi connectivity index (χ1) is 10.4. The molecule has 2 aromatic rings. The van der Waals surface area contributed by atoms with Gasteiger partial charge < -0.3 is 10.4 Å². The Morgan fingerprint density at radius 2 is 1.48 bits per heavy atom. The molecule has 0 aliphatic heterocycles. The number of fused-ring (bicyclic) bond motifs is 1. The van der Waals surface area contributed by atoms with Gasteiger partial charge >= 0.3 is 0 Å². The minimum Gasteiger partial charge on any atom is -0.507 e. The first kappa shape index (κ1) is 24.8. The molecule has 0 heterocycles. The third kappa shape index (κ3) is 5.63. The Morgan fingerprint density at radius 1 is 0.960 bits per heavy atom.